The molecule has 1 amide bonds. The van der Waals surface area contributed by atoms with Crippen LogP contribution in [0.25, 0.3) is 0 Å². The van der Waals surface area contributed by atoms with E-state index in [1.54, 1.807) is 0 Å². The lowest BCUT2D eigenvalue weighted by Crippen LogP contribution is -2.49. The highest BCUT2D eigenvalue weighted by Crippen LogP contribution is 2.22. The normalized spacial score (nSPS) is 14.0. The van der Waals surface area contributed by atoms with Crippen LogP contribution in [0.4, 0.5) is 5.69 Å². The van der Waals surface area contributed by atoms with Gasteiger partial charge in [0.1, 0.15) is 12.4 Å². The summed E-state index contributed by atoms with van der Waals surface area (Å²) in [7, 11) is 1.90. The molecule has 3 aromatic rings. The summed E-state index contributed by atoms with van der Waals surface area (Å²) in [5, 5.41) is 9.89. The summed E-state index contributed by atoms with van der Waals surface area (Å²) >= 11 is 7.51. The second-order valence-electron chi connectivity index (χ2n) is 7.65. The average Bonchev–Trinajstić information content (AvgIpc) is 3.16. The molecule has 1 aromatic heterocycles. The molecule has 4 rings (SSSR count). The van der Waals surface area contributed by atoms with E-state index in [1.807, 2.05) is 72.0 Å². The molecule has 0 radical (unpaired) electrons. The Morgan fingerprint density at radius 3 is 2.62 bits per heavy atom. The summed E-state index contributed by atoms with van der Waals surface area (Å²) in [6, 6.07) is 15.7. The fourth-order valence-corrected chi connectivity index (χ4v) is 4.58. The summed E-state index contributed by atoms with van der Waals surface area (Å²) in [4.78, 5) is 16.9. The quantitative estimate of drug-likeness (QED) is 0.488. The van der Waals surface area contributed by atoms with Crippen LogP contribution in [-0.4, -0.2) is 57.5 Å². The minimum Gasteiger partial charge on any atom is -0.485 e. The number of para-hydroxylation sites is 1. The number of anilines is 1. The first-order chi connectivity index (χ1) is 15.5. The van der Waals surface area contributed by atoms with Crippen LogP contribution in [0.15, 0.2) is 53.7 Å². The molecule has 1 aliphatic heterocycles. The van der Waals surface area contributed by atoms with Gasteiger partial charge in [-0.2, -0.15) is 0 Å². The van der Waals surface area contributed by atoms with Gasteiger partial charge in [0, 0.05) is 43.9 Å². The minimum atomic E-state index is 0.112. The number of carbonyl (C=O) groups is 1. The highest BCUT2D eigenvalue weighted by Gasteiger charge is 2.22. The van der Waals surface area contributed by atoms with Gasteiger partial charge in [-0.05, 0) is 36.8 Å². The molecule has 0 aliphatic carbocycles. The van der Waals surface area contributed by atoms with E-state index in [0.29, 0.717) is 30.6 Å². The molecule has 32 heavy (non-hydrogen) atoms. The van der Waals surface area contributed by atoms with Crippen molar-refractivity contribution in [3.63, 3.8) is 0 Å². The van der Waals surface area contributed by atoms with E-state index in [1.165, 1.54) is 11.8 Å². The van der Waals surface area contributed by atoms with Gasteiger partial charge in [-0.1, -0.05) is 47.6 Å². The van der Waals surface area contributed by atoms with Gasteiger partial charge in [0.05, 0.1) is 5.75 Å². The van der Waals surface area contributed by atoms with Crippen LogP contribution < -0.4 is 9.64 Å². The Balaban J connectivity index is 1.26. The Kier molecular flexibility index (Phi) is 7.22. The maximum Gasteiger partial charge on any atom is 0.233 e. The van der Waals surface area contributed by atoms with Gasteiger partial charge in [0.25, 0.3) is 0 Å². The number of hydrogen-bond acceptors (Lipinski definition) is 6. The van der Waals surface area contributed by atoms with Crippen LogP contribution in [0.3, 0.4) is 0 Å². The van der Waals surface area contributed by atoms with Gasteiger partial charge < -0.3 is 19.1 Å². The van der Waals surface area contributed by atoms with Crippen LogP contribution in [-0.2, 0) is 18.4 Å². The maximum atomic E-state index is 12.7. The molecule has 0 spiro atoms. The summed E-state index contributed by atoms with van der Waals surface area (Å²) < 4.78 is 7.75. The van der Waals surface area contributed by atoms with Gasteiger partial charge >= 0.3 is 0 Å². The van der Waals surface area contributed by atoms with Gasteiger partial charge in [0.15, 0.2) is 11.0 Å². The number of piperazine rings is 1. The SMILES string of the molecule is Cc1ccccc1OCc1nnc(SCC(=O)N2CCN(c3cccc(Cl)c3)CC2)n1C. The minimum absolute atomic E-state index is 0.112. The fraction of sp³-hybridized carbons (Fsp3) is 0.348. The van der Waals surface area contributed by atoms with Crippen LogP contribution in [0.2, 0.25) is 5.02 Å². The van der Waals surface area contributed by atoms with Crippen molar-refractivity contribution in [2.45, 2.75) is 18.7 Å². The number of hydrogen-bond donors (Lipinski definition) is 0. The molecule has 9 heteroatoms. The van der Waals surface area contributed by atoms with E-state index in [4.69, 9.17) is 16.3 Å². The first kappa shape index (κ1) is 22.5. The van der Waals surface area contributed by atoms with E-state index >= 15 is 0 Å². The number of rotatable bonds is 7. The Morgan fingerprint density at radius 2 is 1.88 bits per heavy atom. The molecule has 168 valence electrons. The molecule has 2 aromatic carbocycles. The average molecular weight is 472 g/mol. The zero-order valence-corrected chi connectivity index (χ0v) is 19.8. The summed E-state index contributed by atoms with van der Waals surface area (Å²) in [5.74, 6) is 2.00. The van der Waals surface area contributed by atoms with E-state index in [0.717, 1.165) is 40.9 Å². The number of thioether (sulfide) groups is 1. The van der Waals surface area contributed by atoms with E-state index in [-0.39, 0.29) is 5.91 Å². The van der Waals surface area contributed by atoms with Crippen molar-refractivity contribution in [2.24, 2.45) is 7.05 Å². The molecular formula is C23H26ClN5O2S. The van der Waals surface area contributed by atoms with Crippen molar-refractivity contribution in [3.05, 3.63) is 64.9 Å². The molecule has 7 nitrogen and oxygen atoms in total. The predicted octanol–water partition coefficient (Wildman–Crippen LogP) is 3.80. The lowest BCUT2D eigenvalue weighted by Gasteiger charge is -2.36. The van der Waals surface area contributed by atoms with Crippen LogP contribution in [0.1, 0.15) is 11.4 Å². The predicted molar refractivity (Wildman–Crippen MR) is 127 cm³/mol. The number of aryl methyl sites for hydroxylation is 1. The van der Waals surface area contributed by atoms with Crippen molar-refractivity contribution < 1.29 is 9.53 Å². The molecule has 2 heterocycles. The fourth-order valence-electron chi connectivity index (χ4n) is 3.56. The van der Waals surface area contributed by atoms with Crippen LogP contribution >= 0.6 is 23.4 Å². The first-order valence-corrected chi connectivity index (χ1v) is 11.9. The first-order valence-electron chi connectivity index (χ1n) is 10.5. The van der Waals surface area contributed by atoms with Gasteiger partial charge in [0.2, 0.25) is 5.91 Å². The van der Waals surface area contributed by atoms with Crippen molar-refractivity contribution in [1.29, 1.82) is 0 Å². The van der Waals surface area contributed by atoms with E-state index in [2.05, 4.69) is 15.1 Å². The molecule has 1 fully saturated rings. The molecule has 1 aliphatic rings. The Hall–Kier alpha value is -2.71. The number of carbonyl (C=O) groups excluding carboxylic acids is 1. The molecule has 0 bridgehead atoms. The third-order valence-corrected chi connectivity index (χ3v) is 6.75. The molecule has 0 saturated carbocycles. The third kappa shape index (κ3) is 5.37. The van der Waals surface area contributed by atoms with Crippen molar-refractivity contribution in [3.8, 4) is 5.75 Å². The van der Waals surface area contributed by atoms with Crippen LogP contribution in [0, 0.1) is 6.92 Å². The molecule has 0 unspecified atom stereocenters. The topological polar surface area (TPSA) is 63.5 Å². The zero-order chi connectivity index (χ0) is 22.5. The highest BCUT2D eigenvalue weighted by molar-refractivity contribution is 7.99. The monoisotopic (exact) mass is 471 g/mol. The highest BCUT2D eigenvalue weighted by atomic mass is 35.5. The van der Waals surface area contributed by atoms with Gasteiger partial charge in [-0.25, -0.2) is 0 Å². The van der Waals surface area contributed by atoms with Crippen molar-refractivity contribution in [2.75, 3.05) is 36.8 Å². The van der Waals surface area contributed by atoms with Crippen molar-refractivity contribution in [1.82, 2.24) is 19.7 Å². The number of benzene rings is 2. The van der Waals surface area contributed by atoms with Gasteiger partial charge in [-0.3, -0.25) is 4.79 Å². The third-order valence-electron chi connectivity index (χ3n) is 5.51. The molecular weight excluding hydrogens is 446 g/mol. The van der Waals surface area contributed by atoms with Crippen LogP contribution in [0.5, 0.6) is 5.75 Å². The summed E-state index contributed by atoms with van der Waals surface area (Å²) in [6.45, 7) is 5.31. The number of amides is 1. The Labute approximate surface area is 197 Å². The largest absolute Gasteiger partial charge is 0.485 e. The smallest absolute Gasteiger partial charge is 0.233 e. The maximum absolute atomic E-state index is 12.7. The summed E-state index contributed by atoms with van der Waals surface area (Å²) in [6.07, 6.45) is 0. The molecule has 0 N–H and O–H groups in total. The number of halogens is 1. The second kappa shape index (κ2) is 10.3. The Morgan fingerprint density at radius 1 is 1.09 bits per heavy atom. The van der Waals surface area contributed by atoms with Gasteiger partial charge in [-0.15, -0.1) is 10.2 Å². The standard InChI is InChI=1S/C23H26ClN5O2S/c1-17-6-3-4-9-20(17)31-15-21-25-26-23(27(21)2)32-16-22(30)29-12-10-28(11-13-29)19-8-5-7-18(24)14-19/h3-9,14H,10-13,15-16H2,1-2H3. The lowest BCUT2D eigenvalue weighted by molar-refractivity contribution is -0.128. The Bertz CT molecular complexity index is 1080. The van der Waals surface area contributed by atoms with E-state index in [9.17, 15) is 4.79 Å². The second-order valence-corrected chi connectivity index (χ2v) is 9.03. The zero-order valence-electron chi connectivity index (χ0n) is 18.2. The number of aromatic nitrogens is 3. The van der Waals surface area contributed by atoms with E-state index < -0.39 is 0 Å². The number of ether oxygens (including phenoxy) is 1. The summed E-state index contributed by atoms with van der Waals surface area (Å²) in [5.41, 5.74) is 2.17. The molecule has 0 atom stereocenters. The van der Waals surface area contributed by atoms with Crippen molar-refractivity contribution >= 4 is 35.0 Å². The lowest BCUT2D eigenvalue weighted by atomic mass is 10.2. The number of nitrogens with zero attached hydrogens (tertiary/aromatic N) is 5. The molecule has 1 saturated heterocycles.